The molecule has 0 radical (unpaired) electrons. The van der Waals surface area contributed by atoms with Gasteiger partial charge >= 0.3 is 5.97 Å². The number of hydrogen-bond donors (Lipinski definition) is 1. The maximum atomic E-state index is 13.5. The Morgan fingerprint density at radius 3 is 2.68 bits per heavy atom. The van der Waals surface area contributed by atoms with Gasteiger partial charge in [-0.15, -0.1) is 11.3 Å². The first-order chi connectivity index (χ1) is 13.3. The van der Waals surface area contributed by atoms with Crippen LogP contribution in [0.3, 0.4) is 0 Å². The monoisotopic (exact) mass is 434 g/mol. The molecule has 144 valence electrons. The molecular weight excluding hydrogens is 420 g/mol. The van der Waals surface area contributed by atoms with E-state index in [1.807, 2.05) is 6.07 Å². The van der Waals surface area contributed by atoms with Gasteiger partial charge in [0, 0.05) is 16.1 Å². The Labute approximate surface area is 170 Å². The van der Waals surface area contributed by atoms with Crippen LogP contribution in [0, 0.1) is 0 Å². The normalized spacial score (nSPS) is 13.2. The fraction of sp³-hybridized carbons (Fsp3) is 0.158. The molecule has 1 unspecified atom stereocenters. The van der Waals surface area contributed by atoms with E-state index in [1.54, 1.807) is 49.4 Å². The predicted molar refractivity (Wildman–Crippen MR) is 110 cm³/mol. The second-order valence-corrected chi connectivity index (χ2v) is 9.72. The van der Waals surface area contributed by atoms with Crippen LogP contribution in [0.5, 0.6) is 0 Å². The first-order valence-electron chi connectivity index (χ1n) is 8.47. The van der Waals surface area contributed by atoms with Gasteiger partial charge in [0.15, 0.2) is 0 Å². The third kappa shape index (κ3) is 2.97. The highest BCUT2D eigenvalue weighted by atomic mass is 35.5. The number of hydrogen-bond acceptors (Lipinski definition) is 5. The average molecular weight is 435 g/mol. The molecule has 4 rings (SSSR count). The number of carboxylic acids is 1. The third-order valence-electron chi connectivity index (χ3n) is 4.54. The van der Waals surface area contributed by atoms with Crippen LogP contribution in [0.25, 0.3) is 21.1 Å². The van der Waals surface area contributed by atoms with Gasteiger partial charge in [0.05, 0.1) is 21.7 Å². The Morgan fingerprint density at radius 2 is 2.00 bits per heavy atom. The zero-order valence-corrected chi connectivity index (χ0v) is 17.1. The zero-order valence-electron chi connectivity index (χ0n) is 14.7. The topological polar surface area (TPSA) is 89.3 Å². The molecule has 2 heterocycles. The molecular formula is C19H15ClN2O4S2. The standard InChI is InChI=1S/C19H15ClN2O4S2/c1-2-13(18(23)24)16-10-11-9-12(20)7-8-15(11)22(16)28(25,26)19-21-14-5-3-4-6-17(14)27-19/h3-10,13H,2H2,1H3,(H,23,24). The summed E-state index contributed by atoms with van der Waals surface area (Å²) < 4.78 is 28.8. The number of rotatable bonds is 5. The van der Waals surface area contributed by atoms with Gasteiger partial charge in [0.25, 0.3) is 10.0 Å². The van der Waals surface area contributed by atoms with Crippen LogP contribution >= 0.6 is 22.9 Å². The van der Waals surface area contributed by atoms with Crippen molar-refractivity contribution in [2.24, 2.45) is 0 Å². The highest BCUT2D eigenvalue weighted by Gasteiger charge is 2.31. The molecule has 0 aliphatic heterocycles. The van der Waals surface area contributed by atoms with Gasteiger partial charge in [-0.2, -0.15) is 8.42 Å². The van der Waals surface area contributed by atoms with Crippen molar-refractivity contribution in [1.29, 1.82) is 0 Å². The van der Waals surface area contributed by atoms with Crippen LogP contribution in [0.2, 0.25) is 5.02 Å². The summed E-state index contributed by atoms with van der Waals surface area (Å²) in [5, 5.41) is 10.6. The van der Waals surface area contributed by atoms with Gasteiger partial charge in [0.1, 0.15) is 0 Å². The lowest BCUT2D eigenvalue weighted by molar-refractivity contribution is -0.138. The minimum Gasteiger partial charge on any atom is -0.481 e. The molecule has 0 fully saturated rings. The molecule has 1 N–H and O–H groups in total. The van der Waals surface area contributed by atoms with Crippen molar-refractivity contribution < 1.29 is 18.3 Å². The van der Waals surface area contributed by atoms with E-state index < -0.39 is 21.9 Å². The highest BCUT2D eigenvalue weighted by molar-refractivity contribution is 7.92. The Kier molecular flexibility index (Phi) is 4.65. The lowest BCUT2D eigenvalue weighted by Gasteiger charge is -2.14. The van der Waals surface area contributed by atoms with Crippen LogP contribution < -0.4 is 0 Å². The molecule has 28 heavy (non-hydrogen) atoms. The van der Waals surface area contributed by atoms with Crippen LogP contribution in [-0.2, 0) is 14.8 Å². The number of halogens is 1. The SMILES string of the molecule is CCC(C(=O)O)c1cc2cc(Cl)ccc2n1S(=O)(=O)c1nc2ccccc2s1. The van der Waals surface area contributed by atoms with Crippen molar-refractivity contribution in [2.45, 2.75) is 23.6 Å². The van der Waals surface area contributed by atoms with Crippen LogP contribution in [0.15, 0.2) is 52.9 Å². The quantitative estimate of drug-likeness (QED) is 0.491. The Bertz CT molecular complexity index is 1290. The smallest absolute Gasteiger partial charge is 0.312 e. The fourth-order valence-corrected chi connectivity index (χ4v) is 6.29. The van der Waals surface area contributed by atoms with E-state index in [2.05, 4.69) is 4.98 Å². The highest BCUT2D eigenvalue weighted by Crippen LogP contribution is 2.35. The molecule has 9 heteroatoms. The van der Waals surface area contributed by atoms with E-state index in [9.17, 15) is 18.3 Å². The van der Waals surface area contributed by atoms with Crippen molar-refractivity contribution in [3.05, 3.63) is 59.2 Å². The van der Waals surface area contributed by atoms with E-state index in [0.29, 0.717) is 21.4 Å². The first-order valence-corrected chi connectivity index (χ1v) is 11.1. The number of carbonyl (C=O) groups is 1. The van der Waals surface area contributed by atoms with Gasteiger partial charge in [-0.1, -0.05) is 30.7 Å². The van der Waals surface area contributed by atoms with Crippen LogP contribution in [0.1, 0.15) is 25.0 Å². The zero-order chi connectivity index (χ0) is 20.1. The summed E-state index contributed by atoms with van der Waals surface area (Å²) in [5.41, 5.74) is 1.14. The van der Waals surface area contributed by atoms with Crippen molar-refractivity contribution in [2.75, 3.05) is 0 Å². The fourth-order valence-electron chi connectivity index (χ4n) is 3.24. The molecule has 4 aromatic rings. The summed E-state index contributed by atoms with van der Waals surface area (Å²) in [6, 6.07) is 13.5. The lowest BCUT2D eigenvalue weighted by Crippen LogP contribution is -2.21. The molecule has 0 saturated carbocycles. The minimum atomic E-state index is -4.10. The van der Waals surface area contributed by atoms with E-state index >= 15 is 0 Å². The largest absolute Gasteiger partial charge is 0.481 e. The number of fused-ring (bicyclic) bond motifs is 2. The summed E-state index contributed by atoms with van der Waals surface area (Å²) in [6.07, 6.45) is 0.245. The van der Waals surface area contributed by atoms with Gasteiger partial charge in [-0.05, 0) is 42.8 Å². The van der Waals surface area contributed by atoms with Gasteiger partial charge < -0.3 is 5.11 Å². The number of carboxylic acid groups (broad SMARTS) is 1. The van der Waals surface area contributed by atoms with Crippen molar-refractivity contribution in [3.8, 4) is 0 Å². The molecule has 0 aliphatic carbocycles. The summed E-state index contributed by atoms with van der Waals surface area (Å²) in [5.74, 6) is -2.06. The number of aromatic nitrogens is 2. The predicted octanol–water partition coefficient (Wildman–Crippen LogP) is 4.72. The maximum absolute atomic E-state index is 13.5. The number of thiazole rings is 1. The number of para-hydroxylation sites is 1. The maximum Gasteiger partial charge on any atom is 0.312 e. The third-order valence-corrected chi connectivity index (χ3v) is 7.91. The number of benzene rings is 2. The summed E-state index contributed by atoms with van der Waals surface area (Å²) in [4.78, 5) is 16.1. The minimum absolute atomic E-state index is 0.0809. The van der Waals surface area contributed by atoms with Gasteiger partial charge in [-0.25, -0.2) is 8.96 Å². The van der Waals surface area contributed by atoms with Crippen LogP contribution in [-0.4, -0.2) is 28.5 Å². The molecule has 0 bridgehead atoms. The summed E-state index contributed by atoms with van der Waals surface area (Å²) in [6.45, 7) is 1.71. The number of nitrogens with zero attached hydrogens (tertiary/aromatic N) is 2. The van der Waals surface area contributed by atoms with Crippen molar-refractivity contribution >= 4 is 60.0 Å². The first kappa shape index (κ1) is 18.9. The van der Waals surface area contributed by atoms with E-state index in [-0.39, 0.29) is 16.5 Å². The second-order valence-electron chi connectivity index (χ2n) is 6.29. The summed E-state index contributed by atoms with van der Waals surface area (Å²) >= 11 is 7.11. The Balaban J connectivity index is 2.04. The average Bonchev–Trinajstić information content (AvgIpc) is 3.23. The molecule has 2 aromatic carbocycles. The Morgan fingerprint density at radius 1 is 1.25 bits per heavy atom. The molecule has 0 aliphatic rings. The molecule has 0 amide bonds. The second kappa shape index (κ2) is 6.88. The molecule has 1 atom stereocenters. The number of aliphatic carboxylic acids is 1. The van der Waals surface area contributed by atoms with E-state index in [4.69, 9.17) is 11.6 Å². The van der Waals surface area contributed by atoms with Gasteiger partial charge in [0.2, 0.25) is 4.34 Å². The van der Waals surface area contributed by atoms with Crippen LogP contribution in [0.4, 0.5) is 0 Å². The molecule has 0 saturated heterocycles. The van der Waals surface area contributed by atoms with Crippen molar-refractivity contribution in [3.63, 3.8) is 0 Å². The summed E-state index contributed by atoms with van der Waals surface area (Å²) in [7, 11) is -4.10. The van der Waals surface area contributed by atoms with Gasteiger partial charge in [-0.3, -0.25) is 4.79 Å². The Hall–Kier alpha value is -2.42. The molecule has 6 nitrogen and oxygen atoms in total. The van der Waals surface area contributed by atoms with E-state index in [1.165, 1.54) is 0 Å². The molecule has 0 spiro atoms. The lowest BCUT2D eigenvalue weighted by atomic mass is 10.0. The van der Waals surface area contributed by atoms with Crippen molar-refractivity contribution in [1.82, 2.24) is 8.96 Å². The molecule has 2 aromatic heterocycles. The van der Waals surface area contributed by atoms with E-state index in [0.717, 1.165) is 20.0 Å².